The zero-order valence-corrected chi connectivity index (χ0v) is 9.46. The van der Waals surface area contributed by atoms with Crippen LogP contribution >= 0.6 is 15.9 Å². The fraction of sp³-hybridized carbons (Fsp3) is 0.500. The molecule has 0 saturated carbocycles. The fourth-order valence-electron chi connectivity index (χ4n) is 1.51. The topological polar surface area (TPSA) is 34.1 Å². The third-order valence-electron chi connectivity index (χ3n) is 2.30. The van der Waals surface area contributed by atoms with Gasteiger partial charge >= 0.3 is 0 Å². The first-order valence-corrected chi connectivity index (χ1v) is 5.60. The predicted molar refractivity (Wildman–Crippen MR) is 59.4 cm³/mol. The van der Waals surface area contributed by atoms with E-state index in [0.717, 1.165) is 36.3 Å². The third-order valence-corrected chi connectivity index (χ3v) is 2.77. The molecular formula is C10H13BrN2O. The molecule has 0 radical (unpaired) electrons. The van der Waals surface area contributed by atoms with E-state index in [4.69, 9.17) is 4.74 Å². The van der Waals surface area contributed by atoms with Gasteiger partial charge in [-0.1, -0.05) is 0 Å². The summed E-state index contributed by atoms with van der Waals surface area (Å²) in [6.45, 7) is 1.71. The number of anilines is 1. The van der Waals surface area contributed by atoms with Crippen LogP contribution in [0.25, 0.3) is 0 Å². The van der Waals surface area contributed by atoms with E-state index in [1.165, 1.54) is 0 Å². The van der Waals surface area contributed by atoms with Gasteiger partial charge in [-0.15, -0.1) is 0 Å². The molecule has 1 fully saturated rings. The van der Waals surface area contributed by atoms with Gasteiger partial charge in [-0.3, -0.25) is 0 Å². The second kappa shape index (κ2) is 4.75. The van der Waals surface area contributed by atoms with Crippen molar-refractivity contribution in [1.82, 2.24) is 4.98 Å². The molecule has 1 aliphatic rings. The molecule has 2 heterocycles. The third kappa shape index (κ3) is 2.69. The summed E-state index contributed by atoms with van der Waals surface area (Å²) in [6.07, 6.45) is 3.94. The number of hydrogen-bond donors (Lipinski definition) is 1. The summed E-state index contributed by atoms with van der Waals surface area (Å²) in [5.74, 6) is 0.945. The highest BCUT2D eigenvalue weighted by Crippen LogP contribution is 2.15. The highest BCUT2D eigenvalue weighted by Gasteiger charge is 2.13. The number of hydrogen-bond acceptors (Lipinski definition) is 3. The number of aromatic nitrogens is 1. The van der Waals surface area contributed by atoms with Crippen LogP contribution in [-0.4, -0.2) is 24.2 Å². The molecule has 0 bridgehead atoms. The van der Waals surface area contributed by atoms with Crippen molar-refractivity contribution in [3.63, 3.8) is 0 Å². The van der Waals surface area contributed by atoms with E-state index in [1.54, 1.807) is 0 Å². The van der Waals surface area contributed by atoms with E-state index in [1.807, 2.05) is 18.3 Å². The Hall–Kier alpha value is -0.610. The van der Waals surface area contributed by atoms with Gasteiger partial charge in [-0.05, 0) is 40.9 Å². The van der Waals surface area contributed by atoms with E-state index >= 15 is 0 Å². The van der Waals surface area contributed by atoms with Crippen molar-refractivity contribution >= 4 is 21.7 Å². The number of nitrogens with one attached hydrogen (secondary N) is 1. The molecule has 0 spiro atoms. The second-order valence-corrected chi connectivity index (χ2v) is 4.31. The molecule has 1 aliphatic heterocycles. The lowest BCUT2D eigenvalue weighted by molar-refractivity contribution is 0.0904. The zero-order chi connectivity index (χ0) is 9.80. The molecule has 0 atom stereocenters. The monoisotopic (exact) mass is 256 g/mol. The smallest absolute Gasteiger partial charge is 0.126 e. The van der Waals surface area contributed by atoms with E-state index in [0.29, 0.717) is 6.04 Å². The van der Waals surface area contributed by atoms with E-state index in [-0.39, 0.29) is 0 Å². The summed E-state index contributed by atoms with van der Waals surface area (Å²) in [4.78, 5) is 4.27. The molecule has 2 rings (SSSR count). The molecule has 0 amide bonds. The number of rotatable bonds is 2. The van der Waals surface area contributed by atoms with Gasteiger partial charge in [0.05, 0.1) is 0 Å². The van der Waals surface area contributed by atoms with Crippen molar-refractivity contribution in [2.24, 2.45) is 0 Å². The molecule has 76 valence electrons. The van der Waals surface area contributed by atoms with Gasteiger partial charge in [0, 0.05) is 29.9 Å². The Balaban J connectivity index is 1.92. The largest absolute Gasteiger partial charge is 0.381 e. The number of pyridine rings is 1. The number of nitrogens with zero attached hydrogens (tertiary/aromatic N) is 1. The molecule has 1 N–H and O–H groups in total. The Bertz CT molecular complexity index is 283. The minimum Gasteiger partial charge on any atom is -0.381 e. The Morgan fingerprint density at radius 2 is 2.14 bits per heavy atom. The van der Waals surface area contributed by atoms with Crippen LogP contribution < -0.4 is 5.32 Å². The Kier molecular flexibility index (Phi) is 3.37. The van der Waals surface area contributed by atoms with Gasteiger partial charge in [-0.2, -0.15) is 0 Å². The average molecular weight is 257 g/mol. The van der Waals surface area contributed by atoms with Crippen LogP contribution in [0.2, 0.25) is 0 Å². The average Bonchev–Trinajstić information content (AvgIpc) is 2.23. The lowest BCUT2D eigenvalue weighted by atomic mass is 10.1. The maximum atomic E-state index is 5.29. The first kappa shape index (κ1) is 9.93. The maximum Gasteiger partial charge on any atom is 0.126 e. The van der Waals surface area contributed by atoms with Crippen LogP contribution in [0, 0.1) is 0 Å². The number of ether oxygens (including phenoxy) is 1. The highest BCUT2D eigenvalue weighted by atomic mass is 79.9. The van der Waals surface area contributed by atoms with E-state index < -0.39 is 0 Å². The lowest BCUT2D eigenvalue weighted by Gasteiger charge is -2.23. The minimum absolute atomic E-state index is 0.512. The Labute approximate surface area is 92.0 Å². The number of halogens is 1. The summed E-state index contributed by atoms with van der Waals surface area (Å²) in [6, 6.07) is 4.49. The molecule has 1 aromatic heterocycles. The van der Waals surface area contributed by atoms with E-state index in [2.05, 4.69) is 26.2 Å². The van der Waals surface area contributed by atoms with Gasteiger partial charge in [0.25, 0.3) is 0 Å². The maximum absolute atomic E-state index is 5.29. The molecule has 1 aromatic rings. The van der Waals surface area contributed by atoms with Crippen LogP contribution in [-0.2, 0) is 4.74 Å². The summed E-state index contributed by atoms with van der Waals surface area (Å²) < 4.78 is 6.30. The molecule has 4 heteroatoms. The second-order valence-electron chi connectivity index (χ2n) is 3.39. The molecule has 0 aliphatic carbocycles. The molecule has 3 nitrogen and oxygen atoms in total. The van der Waals surface area contributed by atoms with E-state index in [9.17, 15) is 0 Å². The standard InChI is InChI=1S/C10H13BrN2O/c11-8-1-2-10(12-7-8)13-9-3-5-14-6-4-9/h1-2,7,9H,3-6H2,(H,12,13). The van der Waals surface area contributed by atoms with Crippen LogP contribution in [0.5, 0.6) is 0 Å². The first-order valence-electron chi connectivity index (χ1n) is 4.80. The van der Waals surface area contributed by atoms with Crippen molar-refractivity contribution in [2.45, 2.75) is 18.9 Å². The summed E-state index contributed by atoms with van der Waals surface area (Å²) >= 11 is 3.36. The lowest BCUT2D eigenvalue weighted by Crippen LogP contribution is -2.28. The zero-order valence-electron chi connectivity index (χ0n) is 7.87. The summed E-state index contributed by atoms with van der Waals surface area (Å²) in [5, 5.41) is 3.40. The quantitative estimate of drug-likeness (QED) is 0.883. The van der Waals surface area contributed by atoms with Crippen molar-refractivity contribution in [3.8, 4) is 0 Å². The van der Waals surface area contributed by atoms with Gasteiger partial charge < -0.3 is 10.1 Å². The Morgan fingerprint density at radius 1 is 1.36 bits per heavy atom. The van der Waals surface area contributed by atoms with Crippen LogP contribution in [0.15, 0.2) is 22.8 Å². The van der Waals surface area contributed by atoms with Gasteiger partial charge in [0.2, 0.25) is 0 Å². The molecule has 1 saturated heterocycles. The fourth-order valence-corrected chi connectivity index (χ4v) is 1.75. The van der Waals surface area contributed by atoms with Crippen LogP contribution in [0.3, 0.4) is 0 Å². The highest BCUT2D eigenvalue weighted by molar-refractivity contribution is 9.10. The Morgan fingerprint density at radius 3 is 2.79 bits per heavy atom. The van der Waals surface area contributed by atoms with Crippen molar-refractivity contribution < 1.29 is 4.74 Å². The predicted octanol–water partition coefficient (Wildman–Crippen LogP) is 2.44. The molecule has 0 aromatic carbocycles. The van der Waals surface area contributed by atoms with Crippen molar-refractivity contribution in [2.75, 3.05) is 18.5 Å². The van der Waals surface area contributed by atoms with Gasteiger partial charge in [-0.25, -0.2) is 4.98 Å². The normalized spacial score (nSPS) is 18.1. The van der Waals surface area contributed by atoms with Crippen LogP contribution in [0.4, 0.5) is 5.82 Å². The molecule has 0 unspecified atom stereocenters. The van der Waals surface area contributed by atoms with Crippen LogP contribution in [0.1, 0.15) is 12.8 Å². The first-order chi connectivity index (χ1) is 6.84. The van der Waals surface area contributed by atoms with Gasteiger partial charge in [0.1, 0.15) is 5.82 Å². The van der Waals surface area contributed by atoms with Crippen molar-refractivity contribution in [3.05, 3.63) is 22.8 Å². The summed E-state index contributed by atoms with van der Waals surface area (Å²) in [7, 11) is 0. The SMILES string of the molecule is Brc1ccc(NC2CCOCC2)nc1. The van der Waals surface area contributed by atoms with Gasteiger partial charge in [0.15, 0.2) is 0 Å². The van der Waals surface area contributed by atoms with Crippen molar-refractivity contribution in [1.29, 1.82) is 0 Å². The minimum atomic E-state index is 0.512. The molecule has 14 heavy (non-hydrogen) atoms. The molecular weight excluding hydrogens is 244 g/mol. The summed E-state index contributed by atoms with van der Waals surface area (Å²) in [5.41, 5.74) is 0.